The van der Waals surface area contributed by atoms with E-state index in [0.29, 0.717) is 30.5 Å². The van der Waals surface area contributed by atoms with Gasteiger partial charge in [-0.2, -0.15) is 0 Å². The Hall–Kier alpha value is -2.40. The number of aromatic carboxylic acids is 1. The van der Waals surface area contributed by atoms with E-state index in [1.165, 1.54) is 6.07 Å². The predicted octanol–water partition coefficient (Wildman–Crippen LogP) is 2.30. The number of rotatable bonds is 6. The van der Waals surface area contributed by atoms with Gasteiger partial charge in [0.25, 0.3) is 5.91 Å². The van der Waals surface area contributed by atoms with Gasteiger partial charge in [-0.3, -0.25) is 4.79 Å². The van der Waals surface area contributed by atoms with Crippen molar-refractivity contribution < 1.29 is 19.4 Å². The number of amides is 1. The van der Waals surface area contributed by atoms with E-state index < -0.39 is 5.97 Å². The molecule has 21 heavy (non-hydrogen) atoms. The molecule has 0 saturated heterocycles. The molecule has 0 aromatic heterocycles. The first kappa shape index (κ1) is 15.0. The molecule has 5 nitrogen and oxygen atoms in total. The van der Waals surface area contributed by atoms with Crippen molar-refractivity contribution in [1.82, 2.24) is 5.32 Å². The van der Waals surface area contributed by atoms with Gasteiger partial charge in [0, 0.05) is 31.2 Å². The fourth-order valence-electron chi connectivity index (χ4n) is 2.22. The Morgan fingerprint density at radius 1 is 1.14 bits per heavy atom. The summed E-state index contributed by atoms with van der Waals surface area (Å²) in [6.07, 6.45) is 0.707. The van der Waals surface area contributed by atoms with E-state index in [1.54, 1.807) is 37.4 Å². The Kier molecular flexibility index (Phi) is 4.90. The summed E-state index contributed by atoms with van der Waals surface area (Å²) in [7, 11) is 1.60. The molecule has 0 aliphatic heterocycles. The van der Waals surface area contributed by atoms with E-state index in [-0.39, 0.29) is 11.5 Å². The maximum Gasteiger partial charge on any atom is 0.336 e. The molecule has 1 amide bonds. The first-order chi connectivity index (χ1) is 10.1. The Balaban J connectivity index is 2.35. The summed E-state index contributed by atoms with van der Waals surface area (Å²) in [5.74, 6) is -1.31. The molecule has 0 aliphatic carbocycles. The SMILES string of the molecule is COCCCNC(=O)c1cccc2cccc(C(=O)O)c12. The van der Waals surface area contributed by atoms with Gasteiger partial charge in [-0.15, -0.1) is 0 Å². The van der Waals surface area contributed by atoms with Crippen molar-refractivity contribution in [2.75, 3.05) is 20.3 Å². The van der Waals surface area contributed by atoms with Crippen molar-refractivity contribution in [3.63, 3.8) is 0 Å². The van der Waals surface area contributed by atoms with Gasteiger partial charge in [-0.1, -0.05) is 24.3 Å². The van der Waals surface area contributed by atoms with Crippen molar-refractivity contribution in [1.29, 1.82) is 0 Å². The first-order valence-electron chi connectivity index (χ1n) is 6.67. The second kappa shape index (κ2) is 6.85. The van der Waals surface area contributed by atoms with E-state index in [4.69, 9.17) is 4.74 Å². The summed E-state index contributed by atoms with van der Waals surface area (Å²) in [4.78, 5) is 23.6. The molecule has 2 aromatic carbocycles. The topological polar surface area (TPSA) is 75.6 Å². The maximum atomic E-state index is 12.3. The van der Waals surface area contributed by atoms with Crippen LogP contribution in [0.2, 0.25) is 0 Å². The summed E-state index contributed by atoms with van der Waals surface area (Å²) in [5.41, 5.74) is 0.512. The molecule has 0 radical (unpaired) electrons. The number of carboxylic acid groups (broad SMARTS) is 1. The van der Waals surface area contributed by atoms with Crippen LogP contribution in [0.3, 0.4) is 0 Å². The van der Waals surface area contributed by atoms with Crippen LogP contribution in [0.4, 0.5) is 0 Å². The molecule has 0 atom stereocenters. The lowest BCUT2D eigenvalue weighted by atomic mass is 9.98. The van der Waals surface area contributed by atoms with Crippen molar-refractivity contribution in [3.8, 4) is 0 Å². The van der Waals surface area contributed by atoms with E-state index in [0.717, 1.165) is 5.39 Å². The molecular formula is C16H17NO4. The zero-order valence-electron chi connectivity index (χ0n) is 11.8. The largest absolute Gasteiger partial charge is 0.478 e. The second-order valence-electron chi connectivity index (χ2n) is 4.62. The number of methoxy groups -OCH3 is 1. The van der Waals surface area contributed by atoms with E-state index in [1.807, 2.05) is 0 Å². The van der Waals surface area contributed by atoms with Crippen LogP contribution in [-0.2, 0) is 4.74 Å². The number of carbonyl (C=O) groups excluding carboxylic acids is 1. The smallest absolute Gasteiger partial charge is 0.336 e. The lowest BCUT2D eigenvalue weighted by Gasteiger charge is -2.10. The van der Waals surface area contributed by atoms with E-state index in [2.05, 4.69) is 5.32 Å². The average molecular weight is 287 g/mol. The molecule has 2 N–H and O–H groups in total. The predicted molar refractivity (Wildman–Crippen MR) is 79.7 cm³/mol. The minimum absolute atomic E-state index is 0.134. The Morgan fingerprint density at radius 2 is 1.81 bits per heavy atom. The number of hydrogen-bond acceptors (Lipinski definition) is 3. The second-order valence-corrected chi connectivity index (χ2v) is 4.62. The molecule has 0 spiro atoms. The fraction of sp³-hybridized carbons (Fsp3) is 0.250. The highest BCUT2D eigenvalue weighted by molar-refractivity contribution is 6.14. The normalized spacial score (nSPS) is 10.5. The molecule has 110 valence electrons. The van der Waals surface area contributed by atoms with Crippen molar-refractivity contribution in [2.45, 2.75) is 6.42 Å². The van der Waals surface area contributed by atoms with Gasteiger partial charge in [0.2, 0.25) is 0 Å². The summed E-state index contributed by atoms with van der Waals surface area (Å²) in [6.45, 7) is 1.05. The third-order valence-corrected chi connectivity index (χ3v) is 3.19. The van der Waals surface area contributed by atoms with Crippen molar-refractivity contribution >= 4 is 22.6 Å². The lowest BCUT2D eigenvalue weighted by Crippen LogP contribution is -2.25. The third-order valence-electron chi connectivity index (χ3n) is 3.19. The van der Waals surface area contributed by atoms with Gasteiger partial charge >= 0.3 is 5.97 Å². The highest BCUT2D eigenvalue weighted by Gasteiger charge is 2.15. The van der Waals surface area contributed by atoms with Crippen LogP contribution >= 0.6 is 0 Å². The number of fused-ring (bicyclic) bond motifs is 1. The summed E-state index contributed by atoms with van der Waals surface area (Å²) >= 11 is 0. The fourth-order valence-corrected chi connectivity index (χ4v) is 2.22. The van der Waals surface area contributed by atoms with Gasteiger partial charge in [0.1, 0.15) is 0 Å². The molecule has 2 aromatic rings. The van der Waals surface area contributed by atoms with Crippen LogP contribution in [0.5, 0.6) is 0 Å². The number of carboxylic acids is 1. The highest BCUT2D eigenvalue weighted by atomic mass is 16.5. The van der Waals surface area contributed by atoms with Gasteiger partial charge in [-0.05, 0) is 23.9 Å². The first-order valence-corrected chi connectivity index (χ1v) is 6.67. The van der Waals surface area contributed by atoms with Crippen molar-refractivity contribution in [3.05, 3.63) is 47.5 Å². The zero-order valence-corrected chi connectivity index (χ0v) is 11.8. The number of nitrogens with one attached hydrogen (secondary N) is 1. The van der Waals surface area contributed by atoms with E-state index in [9.17, 15) is 14.7 Å². The maximum absolute atomic E-state index is 12.3. The van der Waals surface area contributed by atoms with Gasteiger partial charge in [0.05, 0.1) is 5.56 Å². The lowest BCUT2D eigenvalue weighted by molar-refractivity contribution is 0.0699. The average Bonchev–Trinajstić information content (AvgIpc) is 2.50. The Bertz CT molecular complexity index is 661. The minimum Gasteiger partial charge on any atom is -0.478 e. The molecule has 0 unspecified atom stereocenters. The van der Waals surface area contributed by atoms with Crippen LogP contribution in [0.25, 0.3) is 10.8 Å². The van der Waals surface area contributed by atoms with Crippen LogP contribution in [0, 0.1) is 0 Å². The molecule has 0 saturated carbocycles. The highest BCUT2D eigenvalue weighted by Crippen LogP contribution is 2.23. The molecule has 0 aliphatic rings. The van der Waals surface area contributed by atoms with Crippen LogP contribution < -0.4 is 5.32 Å². The minimum atomic E-state index is -1.04. The Morgan fingerprint density at radius 3 is 2.43 bits per heavy atom. The molecule has 0 fully saturated rings. The number of benzene rings is 2. The summed E-state index contributed by atoms with van der Waals surface area (Å²) in [6, 6.07) is 10.2. The standard InChI is InChI=1S/C16H17NO4/c1-21-10-4-9-17-15(18)12-7-2-5-11-6-3-8-13(14(11)12)16(19)20/h2-3,5-8H,4,9-10H2,1H3,(H,17,18)(H,19,20). The molecule has 2 rings (SSSR count). The van der Waals surface area contributed by atoms with Crippen LogP contribution in [0.15, 0.2) is 36.4 Å². The number of carbonyl (C=O) groups is 2. The quantitative estimate of drug-likeness (QED) is 0.799. The molecular weight excluding hydrogens is 270 g/mol. The van der Waals surface area contributed by atoms with Crippen molar-refractivity contribution in [2.24, 2.45) is 0 Å². The van der Waals surface area contributed by atoms with Gasteiger partial charge in [-0.25, -0.2) is 4.79 Å². The van der Waals surface area contributed by atoms with Crippen LogP contribution in [-0.4, -0.2) is 37.2 Å². The molecule has 5 heteroatoms. The van der Waals surface area contributed by atoms with Crippen LogP contribution in [0.1, 0.15) is 27.1 Å². The number of hydrogen-bond donors (Lipinski definition) is 2. The summed E-state index contributed by atoms with van der Waals surface area (Å²) in [5, 5.41) is 13.3. The molecule has 0 heterocycles. The van der Waals surface area contributed by atoms with Gasteiger partial charge < -0.3 is 15.2 Å². The van der Waals surface area contributed by atoms with Gasteiger partial charge in [0.15, 0.2) is 0 Å². The summed E-state index contributed by atoms with van der Waals surface area (Å²) < 4.78 is 4.92. The number of ether oxygens (including phenoxy) is 1. The third kappa shape index (κ3) is 3.38. The molecule has 0 bridgehead atoms. The zero-order chi connectivity index (χ0) is 15.2. The Labute approximate surface area is 122 Å². The monoisotopic (exact) mass is 287 g/mol. The van der Waals surface area contributed by atoms with E-state index >= 15 is 0 Å².